The molecule has 0 bridgehead atoms. The van der Waals surface area contributed by atoms with Gasteiger partial charge in [0.1, 0.15) is 0 Å². The maximum Gasteiger partial charge on any atom is 0.0470 e. The molecule has 3 heteroatoms. The molecule has 0 spiro atoms. The highest BCUT2D eigenvalue weighted by molar-refractivity contribution is 9.10. The van der Waals surface area contributed by atoms with Crippen LogP contribution < -0.4 is 5.73 Å². The molecule has 0 fully saturated rings. The number of rotatable bonds is 7. The summed E-state index contributed by atoms with van der Waals surface area (Å²) in [4.78, 5) is 2.47. The van der Waals surface area contributed by atoms with Gasteiger partial charge in [-0.3, -0.25) is 4.90 Å². The van der Waals surface area contributed by atoms with Crippen molar-refractivity contribution >= 4 is 15.9 Å². The Bertz CT molecular complexity index is 311. The third kappa shape index (κ3) is 4.41. The van der Waals surface area contributed by atoms with Crippen molar-refractivity contribution < 1.29 is 0 Å². The molecule has 0 aliphatic heterocycles. The standard InChI is InChI=1S/C14H23BrN2/c1-3-5-10-17(4-2)14(11-16)12-6-8-13(15)9-7-12/h6-9,14H,3-5,10-11,16H2,1-2H3. The number of benzene rings is 1. The molecule has 0 aliphatic rings. The molecule has 0 amide bonds. The average molecular weight is 299 g/mol. The largest absolute Gasteiger partial charge is 0.329 e. The number of hydrogen-bond acceptors (Lipinski definition) is 2. The van der Waals surface area contributed by atoms with Crippen LogP contribution in [0.5, 0.6) is 0 Å². The van der Waals surface area contributed by atoms with Crippen LogP contribution in [0.1, 0.15) is 38.3 Å². The first-order valence-electron chi connectivity index (χ1n) is 6.42. The van der Waals surface area contributed by atoms with E-state index in [1.807, 2.05) is 0 Å². The summed E-state index contributed by atoms with van der Waals surface area (Å²) in [5.41, 5.74) is 7.25. The van der Waals surface area contributed by atoms with E-state index < -0.39 is 0 Å². The molecule has 1 aromatic carbocycles. The van der Waals surface area contributed by atoms with Crippen LogP contribution >= 0.6 is 15.9 Å². The van der Waals surface area contributed by atoms with E-state index in [0.29, 0.717) is 12.6 Å². The van der Waals surface area contributed by atoms with Crippen molar-refractivity contribution in [1.29, 1.82) is 0 Å². The average Bonchev–Trinajstić information content (AvgIpc) is 2.36. The molecule has 0 radical (unpaired) electrons. The molecular formula is C14H23BrN2. The molecule has 2 N–H and O–H groups in total. The predicted molar refractivity (Wildman–Crippen MR) is 78.1 cm³/mol. The van der Waals surface area contributed by atoms with E-state index in [0.717, 1.165) is 17.6 Å². The van der Waals surface area contributed by atoms with Crippen molar-refractivity contribution in [2.24, 2.45) is 5.73 Å². The van der Waals surface area contributed by atoms with Gasteiger partial charge < -0.3 is 5.73 Å². The molecule has 0 saturated heterocycles. The second-order valence-corrected chi connectivity index (χ2v) is 5.20. The number of halogens is 1. The predicted octanol–water partition coefficient (Wildman–Crippen LogP) is 3.57. The van der Waals surface area contributed by atoms with Crippen LogP contribution in [0.2, 0.25) is 0 Å². The van der Waals surface area contributed by atoms with Gasteiger partial charge in [-0.25, -0.2) is 0 Å². The van der Waals surface area contributed by atoms with E-state index in [9.17, 15) is 0 Å². The van der Waals surface area contributed by atoms with Crippen molar-refractivity contribution in [2.45, 2.75) is 32.7 Å². The van der Waals surface area contributed by atoms with Crippen LogP contribution in [0, 0.1) is 0 Å². The fraction of sp³-hybridized carbons (Fsp3) is 0.571. The molecule has 0 aliphatic carbocycles. The molecule has 1 aromatic rings. The summed E-state index contributed by atoms with van der Waals surface area (Å²) in [6.07, 6.45) is 2.47. The summed E-state index contributed by atoms with van der Waals surface area (Å²) in [6, 6.07) is 8.85. The van der Waals surface area contributed by atoms with Crippen LogP contribution in [-0.4, -0.2) is 24.5 Å². The normalized spacial score (nSPS) is 13.0. The molecule has 0 heterocycles. The Balaban J connectivity index is 2.77. The van der Waals surface area contributed by atoms with Crippen molar-refractivity contribution in [3.8, 4) is 0 Å². The summed E-state index contributed by atoms with van der Waals surface area (Å²) in [5, 5.41) is 0. The SMILES string of the molecule is CCCCN(CC)C(CN)c1ccc(Br)cc1. The Morgan fingerprint density at radius 1 is 1.24 bits per heavy atom. The van der Waals surface area contributed by atoms with Gasteiger partial charge in [0.2, 0.25) is 0 Å². The van der Waals surface area contributed by atoms with Crippen molar-refractivity contribution in [3.05, 3.63) is 34.3 Å². The Kier molecular flexibility index (Phi) is 6.78. The Morgan fingerprint density at radius 3 is 2.35 bits per heavy atom. The molecule has 1 atom stereocenters. The minimum absolute atomic E-state index is 0.347. The van der Waals surface area contributed by atoms with Gasteiger partial charge in [-0.1, -0.05) is 48.3 Å². The fourth-order valence-corrected chi connectivity index (χ4v) is 2.34. The van der Waals surface area contributed by atoms with Gasteiger partial charge >= 0.3 is 0 Å². The highest BCUT2D eigenvalue weighted by Gasteiger charge is 2.16. The number of hydrogen-bond donors (Lipinski definition) is 1. The van der Waals surface area contributed by atoms with E-state index in [1.54, 1.807) is 0 Å². The zero-order valence-corrected chi connectivity index (χ0v) is 12.4. The zero-order chi connectivity index (χ0) is 12.7. The second-order valence-electron chi connectivity index (χ2n) is 4.29. The van der Waals surface area contributed by atoms with Crippen LogP contribution in [0.3, 0.4) is 0 Å². The molecular weight excluding hydrogens is 276 g/mol. The lowest BCUT2D eigenvalue weighted by atomic mass is 10.0. The lowest BCUT2D eigenvalue weighted by molar-refractivity contribution is 0.209. The summed E-state index contributed by atoms with van der Waals surface area (Å²) in [5.74, 6) is 0. The lowest BCUT2D eigenvalue weighted by Crippen LogP contribution is -2.34. The van der Waals surface area contributed by atoms with E-state index >= 15 is 0 Å². The van der Waals surface area contributed by atoms with Crippen molar-refractivity contribution in [2.75, 3.05) is 19.6 Å². The molecule has 1 rings (SSSR count). The minimum atomic E-state index is 0.347. The molecule has 2 nitrogen and oxygen atoms in total. The van der Waals surface area contributed by atoms with Gasteiger partial charge in [0.05, 0.1) is 0 Å². The van der Waals surface area contributed by atoms with Gasteiger partial charge in [0.25, 0.3) is 0 Å². The highest BCUT2D eigenvalue weighted by atomic mass is 79.9. The number of nitrogens with two attached hydrogens (primary N) is 1. The van der Waals surface area contributed by atoms with Gasteiger partial charge in [0, 0.05) is 17.1 Å². The highest BCUT2D eigenvalue weighted by Crippen LogP contribution is 2.22. The molecule has 1 unspecified atom stereocenters. The quantitative estimate of drug-likeness (QED) is 0.834. The van der Waals surface area contributed by atoms with Crippen molar-refractivity contribution in [3.63, 3.8) is 0 Å². The van der Waals surface area contributed by atoms with Gasteiger partial charge in [0.15, 0.2) is 0 Å². The fourth-order valence-electron chi connectivity index (χ4n) is 2.08. The zero-order valence-electron chi connectivity index (χ0n) is 10.8. The lowest BCUT2D eigenvalue weighted by Gasteiger charge is -2.30. The van der Waals surface area contributed by atoms with Crippen LogP contribution in [0.15, 0.2) is 28.7 Å². The topological polar surface area (TPSA) is 29.3 Å². The van der Waals surface area contributed by atoms with Crippen molar-refractivity contribution in [1.82, 2.24) is 4.90 Å². The Morgan fingerprint density at radius 2 is 1.88 bits per heavy atom. The van der Waals surface area contributed by atoms with E-state index in [4.69, 9.17) is 5.73 Å². The summed E-state index contributed by atoms with van der Waals surface area (Å²) in [7, 11) is 0. The molecule has 96 valence electrons. The maximum atomic E-state index is 5.94. The third-order valence-corrected chi connectivity index (χ3v) is 3.65. The van der Waals surface area contributed by atoms with E-state index in [-0.39, 0.29) is 0 Å². The monoisotopic (exact) mass is 298 g/mol. The summed E-state index contributed by atoms with van der Waals surface area (Å²) >= 11 is 3.47. The summed E-state index contributed by atoms with van der Waals surface area (Å²) < 4.78 is 1.12. The van der Waals surface area contributed by atoms with Gasteiger partial charge in [-0.2, -0.15) is 0 Å². The smallest absolute Gasteiger partial charge is 0.0470 e. The van der Waals surface area contributed by atoms with Gasteiger partial charge in [-0.05, 0) is 37.2 Å². The maximum absolute atomic E-state index is 5.94. The molecule has 17 heavy (non-hydrogen) atoms. The van der Waals surface area contributed by atoms with Gasteiger partial charge in [-0.15, -0.1) is 0 Å². The Hall–Kier alpha value is -0.380. The first kappa shape index (κ1) is 14.7. The first-order chi connectivity index (χ1) is 8.22. The molecule has 0 aromatic heterocycles. The number of likely N-dealkylation sites (N-methyl/N-ethyl adjacent to an activating group) is 1. The van der Waals surface area contributed by atoms with Crippen LogP contribution in [0.25, 0.3) is 0 Å². The third-order valence-electron chi connectivity index (χ3n) is 3.12. The van der Waals surface area contributed by atoms with Crippen LogP contribution in [0.4, 0.5) is 0 Å². The first-order valence-corrected chi connectivity index (χ1v) is 7.21. The molecule has 0 saturated carbocycles. The number of nitrogens with zero attached hydrogens (tertiary/aromatic N) is 1. The second kappa shape index (κ2) is 7.85. The number of unbranched alkanes of at least 4 members (excludes halogenated alkanes) is 1. The summed E-state index contributed by atoms with van der Waals surface area (Å²) in [6.45, 7) is 7.30. The van der Waals surface area contributed by atoms with Crippen LogP contribution in [-0.2, 0) is 0 Å². The Labute approximate surface area is 113 Å². The van der Waals surface area contributed by atoms with E-state index in [1.165, 1.54) is 18.4 Å². The minimum Gasteiger partial charge on any atom is -0.329 e. The van der Waals surface area contributed by atoms with E-state index in [2.05, 4.69) is 58.9 Å².